The van der Waals surface area contributed by atoms with Crippen LogP contribution in [0.2, 0.25) is 0 Å². The molecule has 0 spiro atoms. The third kappa shape index (κ3) is 2.69. The number of hydrogen-bond acceptors (Lipinski definition) is 3. The minimum absolute atomic E-state index is 0.0175. The Morgan fingerprint density at radius 1 is 1.17 bits per heavy atom. The number of Topliss-reactive ketones (excluding diaryl/α,β-unsaturated/α-hetero) is 1. The molecular formula is C15H14O3. The highest BCUT2D eigenvalue weighted by molar-refractivity contribution is 5.97. The molecule has 0 heterocycles. The predicted octanol–water partition coefficient (Wildman–Crippen LogP) is 2.83. The Kier molecular flexibility index (Phi) is 3.63. The number of methoxy groups -OCH3 is 1. The van der Waals surface area contributed by atoms with Crippen molar-refractivity contribution in [1.29, 1.82) is 0 Å². The minimum atomic E-state index is -0.0175. The molecule has 2 rings (SSSR count). The van der Waals surface area contributed by atoms with Crippen molar-refractivity contribution in [3.8, 4) is 11.5 Å². The van der Waals surface area contributed by atoms with Crippen LogP contribution >= 0.6 is 0 Å². The third-order valence-corrected chi connectivity index (χ3v) is 2.74. The number of hydrogen-bond donors (Lipinski definition) is 1. The van der Waals surface area contributed by atoms with Gasteiger partial charge in [-0.05, 0) is 6.07 Å². The molecule has 0 fully saturated rings. The zero-order valence-corrected chi connectivity index (χ0v) is 10.1. The fourth-order valence-corrected chi connectivity index (χ4v) is 1.72. The van der Waals surface area contributed by atoms with Gasteiger partial charge in [0.05, 0.1) is 7.11 Å². The van der Waals surface area contributed by atoms with Crippen LogP contribution in [-0.2, 0) is 6.42 Å². The molecule has 0 unspecified atom stereocenters. The Labute approximate surface area is 106 Å². The van der Waals surface area contributed by atoms with Crippen molar-refractivity contribution in [1.82, 2.24) is 0 Å². The number of aromatic hydroxyl groups is 1. The molecule has 0 bridgehead atoms. The second kappa shape index (κ2) is 5.36. The number of ketones is 1. The maximum atomic E-state index is 12.0. The Morgan fingerprint density at radius 3 is 2.50 bits per heavy atom. The summed E-state index contributed by atoms with van der Waals surface area (Å²) in [6, 6.07) is 14.0. The molecule has 0 atom stereocenters. The molecule has 0 aliphatic rings. The zero-order valence-electron chi connectivity index (χ0n) is 10.1. The molecule has 92 valence electrons. The van der Waals surface area contributed by atoms with Gasteiger partial charge in [0.2, 0.25) is 0 Å². The van der Waals surface area contributed by atoms with Crippen LogP contribution < -0.4 is 4.74 Å². The molecule has 2 aromatic rings. The fraction of sp³-hybridized carbons (Fsp3) is 0.133. The highest BCUT2D eigenvalue weighted by Gasteiger charge is 2.10. The molecule has 18 heavy (non-hydrogen) atoms. The summed E-state index contributed by atoms with van der Waals surface area (Å²) in [5, 5.41) is 9.79. The molecule has 3 heteroatoms. The summed E-state index contributed by atoms with van der Waals surface area (Å²) in [6.07, 6.45) is 0.180. The molecular weight excluding hydrogens is 228 g/mol. The van der Waals surface area contributed by atoms with Gasteiger partial charge in [-0.2, -0.15) is 0 Å². The molecule has 0 saturated carbocycles. The lowest BCUT2D eigenvalue weighted by molar-refractivity contribution is 0.0992. The van der Waals surface area contributed by atoms with E-state index in [1.54, 1.807) is 24.3 Å². The maximum absolute atomic E-state index is 12.0. The zero-order chi connectivity index (χ0) is 13.0. The lowest BCUT2D eigenvalue weighted by atomic mass is 10.0. The molecule has 0 aliphatic heterocycles. The van der Waals surface area contributed by atoms with Gasteiger partial charge < -0.3 is 9.84 Å². The van der Waals surface area contributed by atoms with E-state index >= 15 is 0 Å². The molecule has 0 amide bonds. The van der Waals surface area contributed by atoms with Gasteiger partial charge in [-0.1, -0.05) is 36.4 Å². The average Bonchev–Trinajstić information content (AvgIpc) is 2.42. The van der Waals surface area contributed by atoms with E-state index in [0.29, 0.717) is 16.9 Å². The predicted molar refractivity (Wildman–Crippen MR) is 69.1 cm³/mol. The van der Waals surface area contributed by atoms with Gasteiger partial charge in [0.15, 0.2) is 5.78 Å². The summed E-state index contributed by atoms with van der Waals surface area (Å²) in [5.74, 6) is 0.637. The first-order valence-corrected chi connectivity index (χ1v) is 5.65. The van der Waals surface area contributed by atoms with Gasteiger partial charge >= 0.3 is 0 Å². The third-order valence-electron chi connectivity index (χ3n) is 2.74. The van der Waals surface area contributed by atoms with Crippen LogP contribution in [0.3, 0.4) is 0 Å². The number of phenols is 1. The molecule has 0 aliphatic carbocycles. The van der Waals surface area contributed by atoms with E-state index in [4.69, 9.17) is 4.74 Å². The topological polar surface area (TPSA) is 46.5 Å². The van der Waals surface area contributed by atoms with Gasteiger partial charge in [0.1, 0.15) is 11.5 Å². The second-order valence-electron chi connectivity index (χ2n) is 3.96. The van der Waals surface area contributed by atoms with Crippen molar-refractivity contribution in [3.05, 3.63) is 59.7 Å². The van der Waals surface area contributed by atoms with Crippen molar-refractivity contribution in [2.45, 2.75) is 6.42 Å². The van der Waals surface area contributed by atoms with Crippen LogP contribution in [0.25, 0.3) is 0 Å². The van der Waals surface area contributed by atoms with Crippen LogP contribution in [0, 0.1) is 0 Å². The van der Waals surface area contributed by atoms with Gasteiger partial charge in [0, 0.05) is 23.6 Å². The van der Waals surface area contributed by atoms with E-state index in [0.717, 1.165) is 0 Å². The monoisotopic (exact) mass is 242 g/mol. The smallest absolute Gasteiger partial charge is 0.167 e. The number of rotatable bonds is 4. The Hall–Kier alpha value is -2.29. The van der Waals surface area contributed by atoms with Crippen LogP contribution in [0.1, 0.15) is 15.9 Å². The number of carbonyl (C=O) groups is 1. The van der Waals surface area contributed by atoms with Crippen LogP contribution in [-0.4, -0.2) is 18.0 Å². The molecule has 2 aromatic carbocycles. The molecule has 0 saturated heterocycles. The van der Waals surface area contributed by atoms with Gasteiger partial charge in [-0.25, -0.2) is 0 Å². The van der Waals surface area contributed by atoms with Crippen LogP contribution in [0.15, 0.2) is 48.5 Å². The Balaban J connectivity index is 2.17. The summed E-state index contributed by atoms with van der Waals surface area (Å²) >= 11 is 0. The Bertz CT molecular complexity index is 547. The van der Waals surface area contributed by atoms with Gasteiger partial charge in [-0.3, -0.25) is 4.79 Å². The summed E-state index contributed by atoms with van der Waals surface area (Å²) in [5.41, 5.74) is 1.25. The van der Waals surface area contributed by atoms with E-state index in [9.17, 15) is 9.90 Å². The van der Waals surface area contributed by atoms with E-state index in [-0.39, 0.29) is 18.0 Å². The largest absolute Gasteiger partial charge is 0.508 e. The standard InChI is InChI=1S/C15H14O3/c1-18-13-8-7-12(15(17)10-13)9-14(16)11-5-3-2-4-6-11/h2-8,10,17H,9H2,1H3. The van der Waals surface area contributed by atoms with Crippen molar-refractivity contribution in [3.63, 3.8) is 0 Å². The summed E-state index contributed by atoms with van der Waals surface area (Å²) in [4.78, 5) is 12.0. The number of benzene rings is 2. The van der Waals surface area contributed by atoms with E-state index in [2.05, 4.69) is 0 Å². The van der Waals surface area contributed by atoms with E-state index < -0.39 is 0 Å². The first-order valence-electron chi connectivity index (χ1n) is 5.65. The van der Waals surface area contributed by atoms with E-state index in [1.165, 1.54) is 13.2 Å². The van der Waals surface area contributed by atoms with Crippen molar-refractivity contribution in [2.75, 3.05) is 7.11 Å². The van der Waals surface area contributed by atoms with Crippen LogP contribution in [0.5, 0.6) is 11.5 Å². The fourth-order valence-electron chi connectivity index (χ4n) is 1.72. The first-order chi connectivity index (χ1) is 8.70. The molecule has 1 N–H and O–H groups in total. The van der Waals surface area contributed by atoms with Crippen molar-refractivity contribution >= 4 is 5.78 Å². The summed E-state index contributed by atoms with van der Waals surface area (Å²) < 4.78 is 4.99. The number of ether oxygens (including phenoxy) is 1. The van der Waals surface area contributed by atoms with Crippen molar-refractivity contribution < 1.29 is 14.6 Å². The lowest BCUT2D eigenvalue weighted by Crippen LogP contribution is -2.03. The molecule has 0 radical (unpaired) electrons. The summed E-state index contributed by atoms with van der Waals surface area (Å²) in [7, 11) is 1.53. The maximum Gasteiger partial charge on any atom is 0.167 e. The van der Waals surface area contributed by atoms with Crippen molar-refractivity contribution in [2.24, 2.45) is 0 Å². The van der Waals surface area contributed by atoms with Crippen LogP contribution in [0.4, 0.5) is 0 Å². The molecule has 3 nitrogen and oxygen atoms in total. The first kappa shape index (κ1) is 12.2. The SMILES string of the molecule is COc1ccc(CC(=O)c2ccccc2)c(O)c1. The molecule has 0 aromatic heterocycles. The Morgan fingerprint density at radius 2 is 1.89 bits per heavy atom. The van der Waals surface area contributed by atoms with E-state index in [1.807, 2.05) is 18.2 Å². The number of phenolic OH excluding ortho intramolecular Hbond substituents is 1. The second-order valence-corrected chi connectivity index (χ2v) is 3.96. The normalized spacial score (nSPS) is 10.1. The number of carbonyl (C=O) groups excluding carboxylic acids is 1. The highest BCUT2D eigenvalue weighted by Crippen LogP contribution is 2.24. The van der Waals surface area contributed by atoms with Gasteiger partial charge in [-0.15, -0.1) is 0 Å². The lowest BCUT2D eigenvalue weighted by Gasteiger charge is -2.06. The highest BCUT2D eigenvalue weighted by atomic mass is 16.5. The summed E-state index contributed by atoms with van der Waals surface area (Å²) in [6.45, 7) is 0. The average molecular weight is 242 g/mol. The minimum Gasteiger partial charge on any atom is -0.508 e. The quantitative estimate of drug-likeness (QED) is 0.838. The van der Waals surface area contributed by atoms with Gasteiger partial charge in [0.25, 0.3) is 0 Å².